The summed E-state index contributed by atoms with van der Waals surface area (Å²) in [5.74, 6) is 2.37. The number of para-hydroxylation sites is 3. The second-order valence-corrected chi connectivity index (χ2v) is 22.0. The van der Waals surface area contributed by atoms with E-state index in [-0.39, 0.29) is 76.0 Å². The lowest BCUT2D eigenvalue weighted by Crippen LogP contribution is -2.18. The van der Waals surface area contributed by atoms with Crippen molar-refractivity contribution in [2.24, 2.45) is 0 Å². The smallest absolute Gasteiger partial charge is 0.316 e. The normalized spacial score (nSPS) is 11.4. The van der Waals surface area contributed by atoms with Crippen molar-refractivity contribution in [2.45, 2.75) is 38.5 Å². The zero-order valence-corrected chi connectivity index (χ0v) is 59.2. The molecule has 25 nitrogen and oxygen atoms in total. The van der Waals surface area contributed by atoms with Crippen LogP contribution in [0.5, 0.6) is 17.6 Å². The van der Waals surface area contributed by atoms with E-state index in [0.717, 1.165) is 60.5 Å². The Hall–Kier alpha value is -11.3. The fourth-order valence-electron chi connectivity index (χ4n) is 10.7. The van der Waals surface area contributed by atoms with Gasteiger partial charge in [0.25, 0.3) is 23.6 Å². The van der Waals surface area contributed by atoms with Crippen LogP contribution in [0.3, 0.4) is 0 Å². The van der Waals surface area contributed by atoms with E-state index in [4.69, 9.17) is 14.2 Å². The number of hydrogen-bond donors (Lipinski definition) is 6. The fourth-order valence-corrected chi connectivity index (χ4v) is 10.7. The van der Waals surface area contributed by atoms with Crippen LogP contribution in [0.2, 0.25) is 0 Å². The first kappa shape index (κ1) is 76.1. The van der Waals surface area contributed by atoms with Gasteiger partial charge in [0.15, 0.2) is 5.75 Å². The number of halogens is 1. The van der Waals surface area contributed by atoms with E-state index in [9.17, 15) is 18.8 Å². The van der Waals surface area contributed by atoms with Gasteiger partial charge in [-0.15, -0.1) is 0 Å². The lowest BCUT2D eigenvalue weighted by atomic mass is 9.96. The molecule has 9 heterocycles. The standard InChI is InChI=1S/C25H26N6O3.C23H21FN6O.C23H23N7O2.3H2S/c1-15(17-6-5-7-18-19(24(32)26-2)8-9-27-23(17)18)12-28-22-11-20(30-14-31-22)16-10-21(33-3)25(34-4)29-13-16;1-14(16-4-3-5-17-18(23(31)25-2)8-9-26-22(16)17)11-28-21-10-19(29-13-30-21)15-6-7-20(24)27-12-15;1-14(16-5-4-6-17-18(22(31)24-2)7-8-25-21(16)17)10-26-20-9-19(29-13-30-20)15-11-27-23(32-3)28-12-15;;;/h5-11,13-15H,12H2,1-4H3,(H,26,32)(H,28,30,31);3-10,12-14H,11H2,1-2H3,(H,25,31)(H,28,29,30);4-9,11-14H,10H2,1-3H3,(H,24,31)(H,26,29,30);3*1H2/t15-;2*14-;;;/m111.../s1. The highest BCUT2D eigenvalue weighted by molar-refractivity contribution is 7.59. The summed E-state index contributed by atoms with van der Waals surface area (Å²) in [4.78, 5) is 92.4. The molecule has 0 aliphatic heterocycles. The van der Waals surface area contributed by atoms with Crippen molar-refractivity contribution in [3.63, 3.8) is 0 Å². The van der Waals surface area contributed by atoms with E-state index < -0.39 is 5.95 Å². The Balaban J connectivity index is 0.000000208. The van der Waals surface area contributed by atoms with E-state index in [1.165, 1.54) is 38.4 Å². The number of amides is 3. The molecule has 0 saturated carbocycles. The molecule has 9 aromatic heterocycles. The first-order chi connectivity index (χ1) is 47.2. The third-order valence-corrected chi connectivity index (χ3v) is 15.8. The molecule has 12 aromatic rings. The summed E-state index contributed by atoms with van der Waals surface area (Å²) in [7, 11) is 9.50. The second kappa shape index (κ2) is 36.3. The molecule has 12 rings (SSSR count). The van der Waals surface area contributed by atoms with Gasteiger partial charge in [-0.3, -0.25) is 29.3 Å². The summed E-state index contributed by atoms with van der Waals surface area (Å²) in [5, 5.41) is 20.6. The van der Waals surface area contributed by atoms with Crippen molar-refractivity contribution in [2.75, 3.05) is 78.1 Å². The Labute approximate surface area is 597 Å². The number of pyridine rings is 5. The van der Waals surface area contributed by atoms with Gasteiger partial charge in [-0.05, 0) is 53.1 Å². The molecular weight excluding hydrogens is 1330 g/mol. The lowest BCUT2D eigenvalue weighted by Gasteiger charge is -2.16. The Morgan fingerprint density at radius 1 is 0.410 bits per heavy atom. The summed E-state index contributed by atoms with van der Waals surface area (Å²) in [6, 6.07) is 33.4. The number of nitrogens with zero attached hydrogens (tertiary/aromatic N) is 13. The number of methoxy groups -OCH3 is 3. The Kier molecular flexibility index (Phi) is 27.6. The van der Waals surface area contributed by atoms with Gasteiger partial charge in [-0.2, -0.15) is 44.9 Å². The SMILES string of the molecule is CNC(=O)c1ccnc2c([C@H](C)CNc3cc(-c4ccc(F)nc4)ncn3)cccc12.CNC(=O)c1ccnc2c([C@H](C)CNc3cc(-c4cnc(OC)c(OC)c4)ncn3)cccc12.CNC(=O)c1ccnc2c([C@H](C)CNc3cc(-c4cnc(OC)nc4)ncn3)cccc12.S.S.S. The lowest BCUT2D eigenvalue weighted by molar-refractivity contribution is 0.0956. The van der Waals surface area contributed by atoms with Crippen molar-refractivity contribution < 1.29 is 33.0 Å². The maximum absolute atomic E-state index is 13.1. The van der Waals surface area contributed by atoms with Crippen molar-refractivity contribution >= 4 is 108 Å². The topological polar surface area (TPSA) is 319 Å². The van der Waals surface area contributed by atoms with E-state index in [1.807, 2.05) is 72.8 Å². The first-order valence-corrected chi connectivity index (χ1v) is 30.8. The predicted octanol–water partition coefficient (Wildman–Crippen LogP) is 10.9. The van der Waals surface area contributed by atoms with Gasteiger partial charge in [0, 0.05) is 153 Å². The van der Waals surface area contributed by atoms with Gasteiger partial charge >= 0.3 is 6.01 Å². The van der Waals surface area contributed by atoms with Gasteiger partial charge in [0.05, 0.1) is 71.7 Å². The maximum atomic E-state index is 13.1. The van der Waals surface area contributed by atoms with Gasteiger partial charge in [0.2, 0.25) is 5.95 Å². The highest BCUT2D eigenvalue weighted by Gasteiger charge is 2.20. The molecule has 0 aliphatic carbocycles. The van der Waals surface area contributed by atoms with Crippen molar-refractivity contribution in [3.8, 4) is 51.4 Å². The highest BCUT2D eigenvalue weighted by atomic mass is 32.1. The summed E-state index contributed by atoms with van der Waals surface area (Å²) in [5.41, 5.74) is 11.7. The molecular formula is C71H76FN19O6S3. The average molecular weight is 1410 g/mol. The van der Waals surface area contributed by atoms with Crippen LogP contribution in [-0.2, 0) is 0 Å². The number of carbonyl (C=O) groups excluding carboxylic acids is 3. The molecule has 0 radical (unpaired) electrons. The van der Waals surface area contributed by atoms with Crippen LogP contribution in [-0.4, -0.2) is 145 Å². The van der Waals surface area contributed by atoms with Crippen LogP contribution in [0.4, 0.5) is 21.8 Å². The van der Waals surface area contributed by atoms with Gasteiger partial charge in [-0.1, -0.05) is 75.4 Å². The van der Waals surface area contributed by atoms with Crippen molar-refractivity contribution in [3.05, 3.63) is 211 Å². The molecule has 3 aromatic carbocycles. The number of nitrogens with one attached hydrogen (secondary N) is 6. The predicted molar refractivity (Wildman–Crippen MR) is 400 cm³/mol. The molecule has 0 bridgehead atoms. The molecule has 0 saturated heterocycles. The van der Waals surface area contributed by atoms with Crippen molar-refractivity contribution in [1.29, 1.82) is 0 Å². The van der Waals surface area contributed by atoms with Crippen LogP contribution >= 0.6 is 40.5 Å². The largest absolute Gasteiger partial charge is 0.491 e. The molecule has 6 N–H and O–H groups in total. The van der Waals surface area contributed by atoms with Gasteiger partial charge < -0.3 is 46.1 Å². The van der Waals surface area contributed by atoms with Crippen LogP contribution in [0.25, 0.3) is 66.5 Å². The molecule has 0 spiro atoms. The number of carbonyl (C=O) groups is 3. The monoisotopic (exact) mass is 1410 g/mol. The Bertz CT molecular complexity index is 4760. The van der Waals surface area contributed by atoms with Crippen LogP contribution in [0.1, 0.15) is 86.3 Å². The highest BCUT2D eigenvalue weighted by Crippen LogP contribution is 2.33. The van der Waals surface area contributed by atoms with E-state index >= 15 is 0 Å². The molecule has 100 heavy (non-hydrogen) atoms. The second-order valence-electron chi connectivity index (χ2n) is 22.0. The minimum Gasteiger partial charge on any atom is -0.491 e. The molecule has 3 atom stereocenters. The Morgan fingerprint density at radius 2 is 0.790 bits per heavy atom. The molecule has 3 amide bonds. The molecule has 0 fully saturated rings. The quantitative estimate of drug-likeness (QED) is 0.0364. The molecule has 29 heteroatoms. The average Bonchev–Trinajstić information content (AvgIpc) is 0.802. The number of ether oxygens (including phenoxy) is 3. The summed E-state index contributed by atoms with van der Waals surface area (Å²) >= 11 is 0. The van der Waals surface area contributed by atoms with Crippen LogP contribution < -0.4 is 46.1 Å². The van der Waals surface area contributed by atoms with E-state index in [1.54, 1.807) is 103 Å². The number of anilines is 3. The van der Waals surface area contributed by atoms with Gasteiger partial charge in [0.1, 0.15) is 36.4 Å². The third-order valence-electron chi connectivity index (χ3n) is 15.8. The summed E-state index contributed by atoms with van der Waals surface area (Å²) in [6.45, 7) is 8.14. The van der Waals surface area contributed by atoms with Crippen molar-refractivity contribution in [1.82, 2.24) is 80.7 Å². The van der Waals surface area contributed by atoms with E-state index in [2.05, 4.69) is 117 Å². The third kappa shape index (κ3) is 18.3. The zero-order chi connectivity index (χ0) is 68.4. The minimum atomic E-state index is -0.534. The summed E-state index contributed by atoms with van der Waals surface area (Å²) < 4.78 is 28.6. The molecule has 0 aliphatic rings. The van der Waals surface area contributed by atoms with E-state index in [0.29, 0.717) is 94.1 Å². The van der Waals surface area contributed by atoms with Crippen LogP contribution in [0.15, 0.2) is 172 Å². The maximum Gasteiger partial charge on any atom is 0.316 e. The minimum absolute atomic E-state index is 0. The molecule has 516 valence electrons. The number of benzene rings is 3. The van der Waals surface area contributed by atoms with Crippen LogP contribution in [0, 0.1) is 5.95 Å². The number of fused-ring (bicyclic) bond motifs is 3. The zero-order valence-electron chi connectivity index (χ0n) is 56.2. The van der Waals surface area contributed by atoms with Gasteiger partial charge in [-0.25, -0.2) is 49.8 Å². The number of hydrogen-bond acceptors (Lipinski definition) is 22. The first-order valence-electron chi connectivity index (χ1n) is 30.8. The molecule has 0 unspecified atom stereocenters. The number of rotatable bonds is 21. The number of aromatic nitrogens is 13. The summed E-state index contributed by atoms with van der Waals surface area (Å²) in [6.07, 6.45) is 15.9. The fraction of sp³-hybridized carbons (Fsp3) is 0.211. The Morgan fingerprint density at radius 3 is 1.15 bits per heavy atom.